The van der Waals surface area contributed by atoms with Gasteiger partial charge in [-0.2, -0.15) is 0 Å². The molecule has 0 aliphatic heterocycles. The maximum Gasteiger partial charge on any atom is 0.237 e. The highest BCUT2D eigenvalue weighted by Gasteiger charge is 2.22. The van der Waals surface area contributed by atoms with Gasteiger partial charge < -0.3 is 21.5 Å². The van der Waals surface area contributed by atoms with Crippen molar-refractivity contribution in [1.82, 2.24) is 5.32 Å². The lowest BCUT2D eigenvalue weighted by atomic mass is 9.91. The van der Waals surface area contributed by atoms with Crippen LogP contribution in [-0.2, 0) is 9.53 Å². The summed E-state index contributed by atoms with van der Waals surface area (Å²) in [5.74, 6) is -0.0717. The molecule has 0 saturated heterocycles. The smallest absolute Gasteiger partial charge is 0.237 e. The summed E-state index contributed by atoms with van der Waals surface area (Å²) in [6.07, 6.45) is 4.46. The van der Waals surface area contributed by atoms with E-state index in [4.69, 9.17) is 16.2 Å². The zero-order valence-corrected chi connectivity index (χ0v) is 9.95. The second-order valence-corrected chi connectivity index (χ2v) is 4.51. The zero-order valence-electron chi connectivity index (χ0n) is 9.95. The van der Waals surface area contributed by atoms with E-state index in [9.17, 15) is 4.79 Å². The van der Waals surface area contributed by atoms with Crippen molar-refractivity contribution in [1.29, 1.82) is 0 Å². The summed E-state index contributed by atoms with van der Waals surface area (Å²) in [5, 5.41) is 2.97. The molecule has 0 radical (unpaired) electrons. The molecule has 0 bridgehead atoms. The Labute approximate surface area is 96.9 Å². The first-order valence-electron chi connectivity index (χ1n) is 5.94. The Kier molecular flexibility index (Phi) is 5.73. The van der Waals surface area contributed by atoms with Crippen LogP contribution < -0.4 is 16.8 Å². The van der Waals surface area contributed by atoms with Crippen LogP contribution in [0.3, 0.4) is 0 Å². The average Bonchev–Trinajstić information content (AvgIpc) is 2.29. The van der Waals surface area contributed by atoms with E-state index in [0.717, 1.165) is 25.7 Å². The molecule has 0 aromatic heterocycles. The molecule has 5 heteroatoms. The Balaban J connectivity index is 2.22. The van der Waals surface area contributed by atoms with Crippen molar-refractivity contribution in [2.45, 2.75) is 50.2 Å². The van der Waals surface area contributed by atoms with Gasteiger partial charge in [-0.3, -0.25) is 4.79 Å². The summed E-state index contributed by atoms with van der Waals surface area (Å²) in [6.45, 7) is 0.518. The fraction of sp³-hybridized carbons (Fsp3) is 0.909. The van der Waals surface area contributed by atoms with Gasteiger partial charge in [0.05, 0.1) is 6.04 Å². The molecule has 5 N–H and O–H groups in total. The van der Waals surface area contributed by atoms with E-state index in [1.807, 2.05) is 0 Å². The van der Waals surface area contributed by atoms with E-state index in [-0.39, 0.29) is 11.9 Å². The lowest BCUT2D eigenvalue weighted by Gasteiger charge is -2.27. The highest BCUT2D eigenvalue weighted by atomic mass is 16.5. The minimum absolute atomic E-state index is 0.0717. The van der Waals surface area contributed by atoms with Gasteiger partial charge in [-0.25, -0.2) is 0 Å². The van der Waals surface area contributed by atoms with Crippen LogP contribution in [0.25, 0.3) is 0 Å². The molecule has 1 atom stereocenters. The number of hydrogen-bond acceptors (Lipinski definition) is 4. The number of carbonyl (C=O) groups is 1. The highest BCUT2D eigenvalue weighted by molar-refractivity contribution is 5.81. The maximum absolute atomic E-state index is 11.7. The third kappa shape index (κ3) is 4.47. The standard InChI is InChI=1S/C11H23N3O2/c1-16-7-6-10(13)11(15)14-9-4-2-8(12)3-5-9/h8-10H,2-7,12-13H2,1H3,(H,14,15). The van der Waals surface area contributed by atoms with Crippen molar-refractivity contribution in [3.05, 3.63) is 0 Å². The van der Waals surface area contributed by atoms with Gasteiger partial charge in [0.15, 0.2) is 0 Å². The number of methoxy groups -OCH3 is 1. The summed E-state index contributed by atoms with van der Waals surface area (Å²) in [7, 11) is 1.60. The number of ether oxygens (including phenoxy) is 1. The van der Waals surface area contributed by atoms with Gasteiger partial charge in [-0.05, 0) is 32.1 Å². The van der Waals surface area contributed by atoms with Crippen LogP contribution in [0.2, 0.25) is 0 Å². The van der Waals surface area contributed by atoms with Crippen LogP contribution in [0.5, 0.6) is 0 Å². The van der Waals surface area contributed by atoms with Crippen molar-refractivity contribution >= 4 is 5.91 Å². The van der Waals surface area contributed by atoms with Gasteiger partial charge in [0, 0.05) is 25.8 Å². The van der Waals surface area contributed by atoms with E-state index < -0.39 is 6.04 Å². The van der Waals surface area contributed by atoms with E-state index in [1.54, 1.807) is 7.11 Å². The van der Waals surface area contributed by atoms with Crippen LogP contribution in [0.1, 0.15) is 32.1 Å². The Morgan fingerprint density at radius 1 is 1.44 bits per heavy atom. The van der Waals surface area contributed by atoms with Gasteiger partial charge in [-0.1, -0.05) is 0 Å². The number of carbonyl (C=O) groups excluding carboxylic acids is 1. The summed E-state index contributed by atoms with van der Waals surface area (Å²) in [4.78, 5) is 11.7. The molecule has 1 saturated carbocycles. The number of nitrogens with two attached hydrogens (primary N) is 2. The normalized spacial score (nSPS) is 27.4. The molecule has 0 aromatic rings. The van der Waals surface area contributed by atoms with Crippen LogP contribution in [-0.4, -0.2) is 37.7 Å². The first kappa shape index (κ1) is 13.4. The molecule has 1 aliphatic rings. The Hall–Kier alpha value is -0.650. The topological polar surface area (TPSA) is 90.4 Å². The summed E-state index contributed by atoms with van der Waals surface area (Å²) < 4.78 is 4.89. The minimum atomic E-state index is -0.462. The zero-order chi connectivity index (χ0) is 12.0. The van der Waals surface area contributed by atoms with Crippen molar-refractivity contribution in [2.75, 3.05) is 13.7 Å². The van der Waals surface area contributed by atoms with E-state index in [1.165, 1.54) is 0 Å². The molecule has 1 aliphatic carbocycles. The molecular formula is C11H23N3O2. The number of amides is 1. The van der Waals surface area contributed by atoms with E-state index in [2.05, 4.69) is 5.32 Å². The molecule has 0 aromatic carbocycles. The molecule has 16 heavy (non-hydrogen) atoms. The molecule has 0 spiro atoms. The first-order chi connectivity index (χ1) is 7.63. The van der Waals surface area contributed by atoms with Crippen LogP contribution in [0.15, 0.2) is 0 Å². The SMILES string of the molecule is COCCC(N)C(=O)NC1CCC(N)CC1. The number of hydrogen-bond donors (Lipinski definition) is 3. The van der Waals surface area contributed by atoms with Crippen molar-refractivity contribution < 1.29 is 9.53 Å². The second kappa shape index (κ2) is 6.83. The monoisotopic (exact) mass is 229 g/mol. The van der Waals surface area contributed by atoms with E-state index in [0.29, 0.717) is 19.1 Å². The predicted octanol–water partition coefficient (Wildman–Crippen LogP) is -0.264. The van der Waals surface area contributed by atoms with E-state index >= 15 is 0 Å². The van der Waals surface area contributed by atoms with Gasteiger partial charge in [0.2, 0.25) is 5.91 Å². The molecule has 5 nitrogen and oxygen atoms in total. The third-order valence-electron chi connectivity index (χ3n) is 3.09. The Morgan fingerprint density at radius 3 is 2.62 bits per heavy atom. The third-order valence-corrected chi connectivity index (χ3v) is 3.09. The van der Waals surface area contributed by atoms with Crippen molar-refractivity contribution in [3.8, 4) is 0 Å². The van der Waals surface area contributed by atoms with Gasteiger partial charge in [-0.15, -0.1) is 0 Å². The van der Waals surface area contributed by atoms with Crippen molar-refractivity contribution in [3.63, 3.8) is 0 Å². The molecule has 0 heterocycles. The van der Waals surface area contributed by atoms with Crippen LogP contribution >= 0.6 is 0 Å². The van der Waals surface area contributed by atoms with Crippen LogP contribution in [0, 0.1) is 0 Å². The molecular weight excluding hydrogens is 206 g/mol. The molecule has 1 fully saturated rings. The van der Waals surface area contributed by atoms with Gasteiger partial charge in [0.25, 0.3) is 0 Å². The Bertz CT molecular complexity index is 215. The summed E-state index contributed by atoms with van der Waals surface area (Å²) in [6, 6.07) is 0.0896. The summed E-state index contributed by atoms with van der Waals surface area (Å²) >= 11 is 0. The largest absolute Gasteiger partial charge is 0.385 e. The highest BCUT2D eigenvalue weighted by Crippen LogP contribution is 2.16. The fourth-order valence-electron chi connectivity index (χ4n) is 1.95. The summed E-state index contributed by atoms with van der Waals surface area (Å²) in [5.41, 5.74) is 11.5. The molecule has 1 unspecified atom stereocenters. The van der Waals surface area contributed by atoms with Crippen LogP contribution in [0.4, 0.5) is 0 Å². The number of rotatable bonds is 5. The molecule has 1 amide bonds. The lowest BCUT2D eigenvalue weighted by molar-refractivity contribution is -0.123. The van der Waals surface area contributed by atoms with Gasteiger partial charge in [0.1, 0.15) is 0 Å². The first-order valence-corrected chi connectivity index (χ1v) is 5.94. The second-order valence-electron chi connectivity index (χ2n) is 4.51. The maximum atomic E-state index is 11.7. The van der Waals surface area contributed by atoms with Gasteiger partial charge >= 0.3 is 0 Å². The predicted molar refractivity (Wildman–Crippen MR) is 62.8 cm³/mol. The Morgan fingerprint density at radius 2 is 2.06 bits per heavy atom. The average molecular weight is 229 g/mol. The quantitative estimate of drug-likeness (QED) is 0.605. The number of nitrogens with one attached hydrogen (secondary N) is 1. The molecule has 94 valence electrons. The lowest BCUT2D eigenvalue weighted by Crippen LogP contribution is -2.47. The molecule has 1 rings (SSSR count). The van der Waals surface area contributed by atoms with Crippen molar-refractivity contribution in [2.24, 2.45) is 11.5 Å². The fourth-order valence-corrected chi connectivity index (χ4v) is 1.95. The minimum Gasteiger partial charge on any atom is -0.385 e.